The van der Waals surface area contributed by atoms with E-state index in [9.17, 15) is 9.59 Å². The monoisotopic (exact) mass is 378 g/mol. The van der Waals surface area contributed by atoms with E-state index in [-0.39, 0.29) is 23.2 Å². The summed E-state index contributed by atoms with van der Waals surface area (Å²) in [5.41, 5.74) is 0.995. The van der Waals surface area contributed by atoms with Crippen LogP contribution in [0, 0.1) is 0 Å². The molecule has 2 heterocycles. The standard InChI is InChI=1S/C18H14N6O2S/c25-15(21-12-6-2-1-3-7-12)10-27-18-22-14-9-5-4-8-13(14)16(26)24(18)17-19-11-20-23-17/h1-9,11H,10H2,(H,21,25)(H,19,20,23). The molecule has 2 aromatic heterocycles. The molecule has 0 unspecified atom stereocenters. The largest absolute Gasteiger partial charge is 0.325 e. The van der Waals surface area contributed by atoms with Gasteiger partial charge in [-0.1, -0.05) is 42.1 Å². The van der Waals surface area contributed by atoms with Crippen molar-refractivity contribution in [3.63, 3.8) is 0 Å². The van der Waals surface area contributed by atoms with Gasteiger partial charge in [-0.25, -0.2) is 14.6 Å². The number of aromatic amines is 1. The molecule has 1 amide bonds. The molecule has 8 nitrogen and oxygen atoms in total. The molecule has 2 N–H and O–H groups in total. The number of nitrogens with zero attached hydrogens (tertiary/aromatic N) is 4. The van der Waals surface area contributed by atoms with Gasteiger partial charge in [0.15, 0.2) is 5.16 Å². The highest BCUT2D eigenvalue weighted by atomic mass is 32.2. The average molecular weight is 378 g/mol. The third kappa shape index (κ3) is 3.58. The number of aromatic nitrogens is 5. The van der Waals surface area contributed by atoms with Crippen LogP contribution in [0.1, 0.15) is 0 Å². The van der Waals surface area contributed by atoms with Gasteiger partial charge in [-0.05, 0) is 24.3 Å². The van der Waals surface area contributed by atoms with Gasteiger partial charge in [-0.3, -0.25) is 9.59 Å². The van der Waals surface area contributed by atoms with Gasteiger partial charge >= 0.3 is 0 Å². The van der Waals surface area contributed by atoms with E-state index in [2.05, 4.69) is 25.5 Å². The minimum absolute atomic E-state index is 0.0911. The van der Waals surface area contributed by atoms with Gasteiger partial charge in [-0.15, -0.1) is 0 Å². The number of hydrogen-bond donors (Lipinski definition) is 2. The van der Waals surface area contributed by atoms with Crippen molar-refractivity contribution in [3.05, 3.63) is 71.3 Å². The second-order valence-corrected chi connectivity index (χ2v) is 6.51. The lowest BCUT2D eigenvalue weighted by Crippen LogP contribution is -2.23. The van der Waals surface area contributed by atoms with Crippen molar-refractivity contribution in [1.82, 2.24) is 24.7 Å². The van der Waals surface area contributed by atoms with Gasteiger partial charge in [0, 0.05) is 5.69 Å². The normalized spacial score (nSPS) is 10.8. The van der Waals surface area contributed by atoms with Gasteiger partial charge in [0.05, 0.1) is 16.7 Å². The molecule has 0 atom stereocenters. The van der Waals surface area contributed by atoms with Crippen molar-refractivity contribution in [2.24, 2.45) is 0 Å². The number of nitrogens with one attached hydrogen (secondary N) is 2. The summed E-state index contributed by atoms with van der Waals surface area (Å²) < 4.78 is 1.33. The number of rotatable bonds is 5. The third-order valence-electron chi connectivity index (χ3n) is 3.75. The number of benzene rings is 2. The van der Waals surface area contributed by atoms with Gasteiger partial charge in [0.25, 0.3) is 5.56 Å². The Bertz CT molecular complexity index is 1140. The highest BCUT2D eigenvalue weighted by Crippen LogP contribution is 2.20. The molecule has 0 bridgehead atoms. The Morgan fingerprint density at radius 3 is 2.67 bits per heavy atom. The molecule has 9 heteroatoms. The van der Waals surface area contributed by atoms with Crippen LogP contribution in [-0.2, 0) is 4.79 Å². The molecular weight excluding hydrogens is 364 g/mol. The van der Waals surface area contributed by atoms with Crippen LogP contribution in [0.15, 0.2) is 70.9 Å². The Morgan fingerprint density at radius 2 is 1.89 bits per heavy atom. The van der Waals surface area contributed by atoms with Crippen LogP contribution in [0.25, 0.3) is 16.9 Å². The van der Waals surface area contributed by atoms with Gasteiger partial charge < -0.3 is 5.32 Å². The van der Waals surface area contributed by atoms with Gasteiger partial charge in [0.2, 0.25) is 11.9 Å². The van der Waals surface area contributed by atoms with E-state index in [0.29, 0.717) is 21.7 Å². The fraction of sp³-hybridized carbons (Fsp3) is 0.0556. The van der Waals surface area contributed by atoms with Gasteiger partial charge in [-0.2, -0.15) is 10.1 Å². The lowest BCUT2D eigenvalue weighted by atomic mass is 10.2. The highest BCUT2D eigenvalue weighted by Gasteiger charge is 2.16. The number of carbonyl (C=O) groups excluding carboxylic acids is 1. The van der Waals surface area contributed by atoms with Crippen molar-refractivity contribution in [2.45, 2.75) is 5.16 Å². The molecule has 4 rings (SSSR count). The molecule has 0 fully saturated rings. The van der Waals surface area contributed by atoms with Crippen molar-refractivity contribution in [2.75, 3.05) is 11.1 Å². The zero-order chi connectivity index (χ0) is 18.6. The number of carbonyl (C=O) groups is 1. The summed E-state index contributed by atoms with van der Waals surface area (Å²) >= 11 is 1.15. The minimum atomic E-state index is -0.275. The quantitative estimate of drug-likeness (QED) is 0.408. The first-order valence-corrected chi connectivity index (χ1v) is 9.06. The van der Waals surface area contributed by atoms with Crippen LogP contribution in [0.2, 0.25) is 0 Å². The molecule has 0 saturated heterocycles. The molecule has 2 aromatic carbocycles. The van der Waals surface area contributed by atoms with E-state index in [1.54, 1.807) is 30.3 Å². The number of anilines is 1. The lowest BCUT2D eigenvalue weighted by molar-refractivity contribution is -0.113. The predicted molar refractivity (Wildman–Crippen MR) is 103 cm³/mol. The smallest absolute Gasteiger partial charge is 0.269 e. The van der Waals surface area contributed by atoms with Crippen LogP contribution in [0.5, 0.6) is 0 Å². The maximum absolute atomic E-state index is 12.9. The number of para-hydroxylation sites is 2. The van der Waals surface area contributed by atoms with E-state index in [0.717, 1.165) is 11.8 Å². The Morgan fingerprint density at radius 1 is 1.11 bits per heavy atom. The minimum Gasteiger partial charge on any atom is -0.325 e. The summed E-state index contributed by atoms with van der Waals surface area (Å²) in [4.78, 5) is 33.7. The highest BCUT2D eigenvalue weighted by molar-refractivity contribution is 7.99. The maximum atomic E-state index is 12.9. The lowest BCUT2D eigenvalue weighted by Gasteiger charge is -2.10. The van der Waals surface area contributed by atoms with E-state index >= 15 is 0 Å². The number of hydrogen-bond acceptors (Lipinski definition) is 6. The van der Waals surface area contributed by atoms with E-state index < -0.39 is 0 Å². The van der Waals surface area contributed by atoms with Crippen LogP contribution in [0.3, 0.4) is 0 Å². The first-order chi connectivity index (χ1) is 13.2. The third-order valence-corrected chi connectivity index (χ3v) is 4.69. The number of thioether (sulfide) groups is 1. The summed E-state index contributed by atoms with van der Waals surface area (Å²) in [5.74, 6) is 0.148. The van der Waals surface area contributed by atoms with Crippen molar-refractivity contribution >= 4 is 34.3 Å². The molecule has 27 heavy (non-hydrogen) atoms. The topological polar surface area (TPSA) is 106 Å². The molecule has 134 valence electrons. The van der Waals surface area contributed by atoms with E-state index in [1.807, 2.05) is 24.3 Å². The molecule has 0 saturated carbocycles. The van der Waals surface area contributed by atoms with Crippen molar-refractivity contribution < 1.29 is 4.79 Å². The summed E-state index contributed by atoms with van der Waals surface area (Å²) in [6.45, 7) is 0. The zero-order valence-electron chi connectivity index (χ0n) is 14.0. The molecule has 0 aliphatic heterocycles. The number of amides is 1. The summed E-state index contributed by atoms with van der Waals surface area (Å²) in [7, 11) is 0. The number of H-pyrrole nitrogens is 1. The molecule has 0 radical (unpaired) electrons. The van der Waals surface area contributed by atoms with E-state index in [1.165, 1.54) is 10.9 Å². The molecule has 0 aliphatic rings. The van der Waals surface area contributed by atoms with E-state index in [4.69, 9.17) is 0 Å². The van der Waals surface area contributed by atoms with Gasteiger partial charge in [0.1, 0.15) is 6.33 Å². The first kappa shape index (κ1) is 17.0. The van der Waals surface area contributed by atoms with Crippen molar-refractivity contribution in [1.29, 1.82) is 0 Å². The summed E-state index contributed by atoms with van der Waals surface area (Å²) in [6, 6.07) is 16.2. The van der Waals surface area contributed by atoms with Crippen LogP contribution >= 0.6 is 11.8 Å². The maximum Gasteiger partial charge on any atom is 0.269 e. The Hall–Kier alpha value is -3.46. The van der Waals surface area contributed by atoms with Crippen molar-refractivity contribution in [3.8, 4) is 5.95 Å². The average Bonchev–Trinajstić information content (AvgIpc) is 3.21. The fourth-order valence-electron chi connectivity index (χ4n) is 2.55. The Labute approximate surface area is 157 Å². The second kappa shape index (κ2) is 7.42. The van der Waals surface area contributed by atoms with Crippen LogP contribution in [0.4, 0.5) is 5.69 Å². The summed E-state index contributed by atoms with van der Waals surface area (Å²) in [5, 5.41) is 10.1. The predicted octanol–water partition coefficient (Wildman–Crippen LogP) is 2.23. The number of fused-ring (bicyclic) bond motifs is 1. The molecule has 0 aliphatic carbocycles. The molecule has 4 aromatic rings. The van der Waals surface area contributed by atoms with Crippen LogP contribution in [-0.4, -0.2) is 36.4 Å². The molecule has 0 spiro atoms. The molecular formula is C18H14N6O2S. The zero-order valence-corrected chi connectivity index (χ0v) is 14.8. The second-order valence-electron chi connectivity index (χ2n) is 5.56. The van der Waals surface area contributed by atoms with Crippen LogP contribution < -0.4 is 10.9 Å². The first-order valence-electron chi connectivity index (χ1n) is 8.07. The Kier molecular flexibility index (Phi) is 4.67. The SMILES string of the molecule is O=C(CSc1nc2ccccc2c(=O)n1-c1ncn[nH]1)Nc1ccccc1. The fourth-order valence-corrected chi connectivity index (χ4v) is 3.35. The summed E-state index contributed by atoms with van der Waals surface area (Å²) in [6.07, 6.45) is 1.31. The Balaban J connectivity index is 1.65.